The minimum Gasteiger partial charge on any atom is -0.370 e. The van der Waals surface area contributed by atoms with Crippen LogP contribution < -0.4 is 11.1 Å². The second-order valence-corrected chi connectivity index (χ2v) is 5.61. The van der Waals surface area contributed by atoms with Crippen LogP contribution in [0.5, 0.6) is 0 Å². The Morgan fingerprint density at radius 3 is 2.00 bits per heavy atom. The van der Waals surface area contributed by atoms with Crippen molar-refractivity contribution in [3.05, 3.63) is 28.8 Å². The lowest BCUT2D eigenvalue weighted by molar-refractivity contribution is 0.835. The van der Waals surface area contributed by atoms with E-state index in [1.807, 2.05) is 6.92 Å². The van der Waals surface area contributed by atoms with E-state index in [4.69, 9.17) is 5.73 Å². The van der Waals surface area contributed by atoms with Crippen LogP contribution in [0.3, 0.4) is 0 Å². The zero-order chi connectivity index (χ0) is 14.6. The number of benzene rings is 1. The smallest absolute Gasteiger partial charge is 0.193 e. The summed E-state index contributed by atoms with van der Waals surface area (Å²) in [5, 5.41) is 3.30. The molecule has 0 aliphatic heterocycles. The van der Waals surface area contributed by atoms with Crippen molar-refractivity contribution in [3.63, 3.8) is 0 Å². The molecule has 0 bridgehead atoms. The SMILES string of the molecule is CCN=C(N)Nc1c(C(C)C)cc(C)cc1C(C)C. The molecule has 3 nitrogen and oxygen atoms in total. The van der Waals surface area contributed by atoms with Gasteiger partial charge in [0.1, 0.15) is 0 Å². The highest BCUT2D eigenvalue weighted by Crippen LogP contribution is 2.33. The van der Waals surface area contributed by atoms with Crippen molar-refractivity contribution in [1.82, 2.24) is 0 Å². The first-order chi connectivity index (χ1) is 8.86. The Morgan fingerprint density at radius 2 is 1.63 bits per heavy atom. The summed E-state index contributed by atoms with van der Waals surface area (Å²) in [6.45, 7) is 13.6. The molecule has 0 aliphatic rings. The summed E-state index contributed by atoms with van der Waals surface area (Å²) < 4.78 is 0. The van der Waals surface area contributed by atoms with Crippen LogP contribution in [-0.4, -0.2) is 12.5 Å². The van der Waals surface area contributed by atoms with E-state index in [9.17, 15) is 0 Å². The van der Waals surface area contributed by atoms with Gasteiger partial charge in [-0.25, -0.2) is 0 Å². The molecule has 0 atom stereocenters. The molecule has 1 rings (SSSR count). The van der Waals surface area contributed by atoms with E-state index in [1.54, 1.807) is 0 Å². The van der Waals surface area contributed by atoms with Crippen molar-refractivity contribution >= 4 is 11.6 Å². The highest BCUT2D eigenvalue weighted by atomic mass is 15.1. The second-order valence-electron chi connectivity index (χ2n) is 5.61. The summed E-state index contributed by atoms with van der Waals surface area (Å²) in [5.74, 6) is 1.40. The van der Waals surface area contributed by atoms with E-state index in [-0.39, 0.29) is 0 Å². The van der Waals surface area contributed by atoms with Crippen LogP contribution in [0.1, 0.15) is 63.1 Å². The fourth-order valence-electron chi connectivity index (χ4n) is 2.24. The van der Waals surface area contributed by atoms with Crippen molar-refractivity contribution < 1.29 is 0 Å². The Kier molecular flexibility index (Phi) is 5.40. The molecule has 106 valence electrons. The van der Waals surface area contributed by atoms with Crippen molar-refractivity contribution in [3.8, 4) is 0 Å². The number of hydrogen-bond donors (Lipinski definition) is 2. The summed E-state index contributed by atoms with van der Waals surface area (Å²) in [4.78, 5) is 4.23. The van der Waals surface area contributed by atoms with E-state index in [0.717, 1.165) is 5.69 Å². The number of nitrogens with one attached hydrogen (secondary N) is 1. The summed E-state index contributed by atoms with van der Waals surface area (Å²) in [7, 11) is 0. The van der Waals surface area contributed by atoms with Gasteiger partial charge in [-0.2, -0.15) is 0 Å². The minimum absolute atomic E-state index is 0.453. The van der Waals surface area contributed by atoms with Crippen LogP contribution in [0.4, 0.5) is 5.69 Å². The van der Waals surface area contributed by atoms with Crippen molar-refractivity contribution in [2.24, 2.45) is 10.7 Å². The van der Waals surface area contributed by atoms with E-state index >= 15 is 0 Å². The Bertz CT molecular complexity index is 430. The first kappa shape index (κ1) is 15.5. The molecule has 0 aliphatic carbocycles. The van der Waals surface area contributed by atoms with Gasteiger partial charge in [0.15, 0.2) is 5.96 Å². The fraction of sp³-hybridized carbons (Fsp3) is 0.562. The van der Waals surface area contributed by atoms with Crippen LogP contribution in [-0.2, 0) is 0 Å². The number of nitrogens with two attached hydrogens (primary N) is 1. The molecule has 1 aromatic rings. The quantitative estimate of drug-likeness (QED) is 0.636. The maximum Gasteiger partial charge on any atom is 0.193 e. The molecule has 3 heteroatoms. The van der Waals surface area contributed by atoms with Crippen molar-refractivity contribution in [2.45, 2.75) is 53.4 Å². The van der Waals surface area contributed by atoms with E-state index < -0.39 is 0 Å². The fourth-order valence-corrected chi connectivity index (χ4v) is 2.24. The number of rotatable bonds is 4. The minimum atomic E-state index is 0.453. The molecule has 3 N–H and O–H groups in total. The average Bonchev–Trinajstić information content (AvgIpc) is 2.30. The standard InChI is InChI=1S/C16H27N3/c1-7-18-16(17)19-15-13(10(2)3)8-12(6)9-14(15)11(4)5/h8-11H,7H2,1-6H3,(H3,17,18,19). The van der Waals surface area contributed by atoms with Crippen LogP contribution in [0.15, 0.2) is 17.1 Å². The van der Waals surface area contributed by atoms with Gasteiger partial charge < -0.3 is 11.1 Å². The van der Waals surface area contributed by atoms with Gasteiger partial charge in [-0.3, -0.25) is 4.99 Å². The van der Waals surface area contributed by atoms with E-state index in [2.05, 4.69) is 57.1 Å². The lowest BCUT2D eigenvalue weighted by Gasteiger charge is -2.21. The highest BCUT2D eigenvalue weighted by Gasteiger charge is 2.15. The van der Waals surface area contributed by atoms with E-state index in [0.29, 0.717) is 24.3 Å². The Balaban J connectivity index is 3.35. The normalized spacial score (nSPS) is 12.3. The van der Waals surface area contributed by atoms with Gasteiger partial charge in [0, 0.05) is 12.2 Å². The van der Waals surface area contributed by atoms with Gasteiger partial charge in [0.25, 0.3) is 0 Å². The third kappa shape index (κ3) is 3.98. The molecule has 1 aromatic carbocycles. The predicted molar refractivity (Wildman–Crippen MR) is 85.1 cm³/mol. The number of aliphatic imine (C=N–C) groups is 1. The maximum atomic E-state index is 5.93. The third-order valence-electron chi connectivity index (χ3n) is 3.17. The summed E-state index contributed by atoms with van der Waals surface area (Å²) in [6.07, 6.45) is 0. The Labute approximate surface area is 117 Å². The number of guanidine groups is 1. The molecule has 0 unspecified atom stereocenters. The lowest BCUT2D eigenvalue weighted by atomic mass is 9.90. The summed E-state index contributed by atoms with van der Waals surface area (Å²) in [6, 6.07) is 4.47. The largest absolute Gasteiger partial charge is 0.370 e. The molecule has 0 saturated carbocycles. The number of anilines is 1. The van der Waals surface area contributed by atoms with Crippen LogP contribution >= 0.6 is 0 Å². The number of hydrogen-bond acceptors (Lipinski definition) is 1. The molecule has 0 spiro atoms. The van der Waals surface area contributed by atoms with Crippen LogP contribution in [0, 0.1) is 6.92 Å². The van der Waals surface area contributed by atoms with Crippen LogP contribution in [0.2, 0.25) is 0 Å². The summed E-state index contributed by atoms with van der Waals surface area (Å²) in [5.41, 5.74) is 11.0. The van der Waals surface area contributed by atoms with Crippen LogP contribution in [0.25, 0.3) is 0 Å². The van der Waals surface area contributed by atoms with Gasteiger partial charge in [-0.05, 0) is 36.8 Å². The van der Waals surface area contributed by atoms with Gasteiger partial charge in [-0.1, -0.05) is 45.4 Å². The summed E-state index contributed by atoms with van der Waals surface area (Å²) >= 11 is 0. The molecule has 0 fully saturated rings. The van der Waals surface area contributed by atoms with Gasteiger partial charge in [0.05, 0.1) is 0 Å². The second kappa shape index (κ2) is 6.60. The van der Waals surface area contributed by atoms with E-state index in [1.165, 1.54) is 16.7 Å². The first-order valence-electron chi connectivity index (χ1n) is 7.08. The molecule has 0 aromatic heterocycles. The van der Waals surface area contributed by atoms with Gasteiger partial charge in [0.2, 0.25) is 0 Å². The molecular formula is C16H27N3. The number of nitrogens with zero attached hydrogens (tertiary/aromatic N) is 1. The average molecular weight is 261 g/mol. The maximum absolute atomic E-state index is 5.93. The molecule has 19 heavy (non-hydrogen) atoms. The van der Waals surface area contributed by atoms with Crippen molar-refractivity contribution in [1.29, 1.82) is 0 Å². The molecule has 0 amide bonds. The highest BCUT2D eigenvalue weighted by molar-refractivity contribution is 5.94. The molecule has 0 heterocycles. The zero-order valence-electron chi connectivity index (χ0n) is 13.0. The molecule has 0 saturated heterocycles. The van der Waals surface area contributed by atoms with Crippen molar-refractivity contribution in [2.75, 3.05) is 11.9 Å². The zero-order valence-corrected chi connectivity index (χ0v) is 13.0. The predicted octanol–water partition coefficient (Wildman–Crippen LogP) is 3.99. The Hall–Kier alpha value is -1.51. The monoisotopic (exact) mass is 261 g/mol. The number of aryl methyl sites for hydroxylation is 1. The molecular weight excluding hydrogens is 234 g/mol. The van der Waals surface area contributed by atoms with Gasteiger partial charge in [-0.15, -0.1) is 0 Å². The van der Waals surface area contributed by atoms with Gasteiger partial charge >= 0.3 is 0 Å². The third-order valence-corrected chi connectivity index (χ3v) is 3.17. The molecule has 0 radical (unpaired) electrons. The first-order valence-corrected chi connectivity index (χ1v) is 7.08. The Morgan fingerprint density at radius 1 is 1.16 bits per heavy atom. The topological polar surface area (TPSA) is 50.4 Å². The lowest BCUT2D eigenvalue weighted by Crippen LogP contribution is -2.24.